The average molecular weight is 461 g/mol. The predicted molar refractivity (Wildman–Crippen MR) is 147 cm³/mol. The van der Waals surface area contributed by atoms with Crippen LogP contribution in [0.1, 0.15) is 115 Å². The monoisotopic (exact) mass is 460 g/mol. The Hall–Kier alpha value is -1.96. The number of nitrogens with zero attached hydrogens (tertiary/aromatic N) is 2. The van der Waals surface area contributed by atoms with Crippen LogP contribution in [0, 0.1) is 11.8 Å². The molecule has 1 aliphatic carbocycles. The SMILES string of the molecule is CCCCCCCc1cnc(-c2ccc(CC/C=C/[C@H]3CC[C@H](CCCCC)CC3)cc2)nc1. The minimum absolute atomic E-state index is 0.821. The molecule has 3 rings (SSSR count). The van der Waals surface area contributed by atoms with Crippen molar-refractivity contribution in [3.8, 4) is 11.4 Å². The Morgan fingerprint density at radius 1 is 0.735 bits per heavy atom. The smallest absolute Gasteiger partial charge is 0.159 e. The van der Waals surface area contributed by atoms with Gasteiger partial charge in [-0.1, -0.05) is 102 Å². The summed E-state index contributed by atoms with van der Waals surface area (Å²) in [6, 6.07) is 8.85. The molecule has 0 amide bonds. The Balaban J connectivity index is 1.35. The number of benzene rings is 1. The van der Waals surface area contributed by atoms with Crippen molar-refractivity contribution < 1.29 is 0 Å². The predicted octanol–water partition coefficient (Wildman–Crippen LogP) is 9.53. The molecule has 0 saturated heterocycles. The number of hydrogen-bond donors (Lipinski definition) is 0. The van der Waals surface area contributed by atoms with E-state index < -0.39 is 0 Å². The summed E-state index contributed by atoms with van der Waals surface area (Å²) >= 11 is 0. The minimum atomic E-state index is 0.821. The molecule has 2 heteroatoms. The first-order valence-electron chi connectivity index (χ1n) is 14.3. The fourth-order valence-corrected chi connectivity index (χ4v) is 5.28. The average Bonchev–Trinajstić information content (AvgIpc) is 2.88. The van der Waals surface area contributed by atoms with Gasteiger partial charge in [0.05, 0.1) is 0 Å². The lowest BCUT2D eigenvalue weighted by Gasteiger charge is -2.26. The van der Waals surface area contributed by atoms with Gasteiger partial charge in [-0.25, -0.2) is 9.97 Å². The Morgan fingerprint density at radius 2 is 1.41 bits per heavy atom. The maximum absolute atomic E-state index is 4.62. The molecule has 1 saturated carbocycles. The third-order valence-corrected chi connectivity index (χ3v) is 7.60. The normalized spacial score (nSPS) is 18.5. The molecule has 0 unspecified atom stereocenters. The summed E-state index contributed by atoms with van der Waals surface area (Å²) in [5, 5.41) is 0. The molecule has 0 radical (unpaired) electrons. The number of aromatic nitrogens is 2. The summed E-state index contributed by atoms with van der Waals surface area (Å²) in [5.41, 5.74) is 3.77. The maximum Gasteiger partial charge on any atom is 0.159 e. The van der Waals surface area contributed by atoms with Crippen LogP contribution in [0.25, 0.3) is 11.4 Å². The van der Waals surface area contributed by atoms with E-state index in [-0.39, 0.29) is 0 Å². The highest BCUT2D eigenvalue weighted by molar-refractivity contribution is 5.55. The first kappa shape index (κ1) is 26.6. The van der Waals surface area contributed by atoms with Gasteiger partial charge in [-0.2, -0.15) is 0 Å². The molecule has 0 bridgehead atoms. The fourth-order valence-electron chi connectivity index (χ4n) is 5.28. The van der Waals surface area contributed by atoms with Crippen LogP contribution in [0.4, 0.5) is 0 Å². The zero-order valence-corrected chi connectivity index (χ0v) is 22.0. The highest BCUT2D eigenvalue weighted by Gasteiger charge is 2.18. The van der Waals surface area contributed by atoms with Gasteiger partial charge >= 0.3 is 0 Å². The highest BCUT2D eigenvalue weighted by Crippen LogP contribution is 2.32. The molecule has 0 N–H and O–H groups in total. The summed E-state index contributed by atoms with van der Waals surface area (Å²) in [5.74, 6) is 2.66. The van der Waals surface area contributed by atoms with E-state index in [0.717, 1.165) is 42.5 Å². The second-order valence-electron chi connectivity index (χ2n) is 10.5. The summed E-state index contributed by atoms with van der Waals surface area (Å²) in [7, 11) is 0. The number of aryl methyl sites for hydroxylation is 2. The van der Waals surface area contributed by atoms with E-state index in [1.165, 1.54) is 94.6 Å². The molecule has 186 valence electrons. The summed E-state index contributed by atoms with van der Waals surface area (Å²) in [4.78, 5) is 9.25. The Morgan fingerprint density at radius 3 is 2.12 bits per heavy atom. The van der Waals surface area contributed by atoms with Crippen molar-refractivity contribution in [2.45, 2.75) is 117 Å². The van der Waals surface area contributed by atoms with E-state index in [0.29, 0.717) is 0 Å². The molecule has 0 aliphatic heterocycles. The lowest BCUT2D eigenvalue weighted by Crippen LogP contribution is -2.13. The van der Waals surface area contributed by atoms with Gasteiger partial charge < -0.3 is 0 Å². The lowest BCUT2D eigenvalue weighted by molar-refractivity contribution is 0.289. The quantitative estimate of drug-likeness (QED) is 0.195. The van der Waals surface area contributed by atoms with Gasteiger partial charge in [-0.05, 0) is 74.3 Å². The molecule has 1 aromatic heterocycles. The Labute approximate surface area is 209 Å². The van der Waals surface area contributed by atoms with Gasteiger partial charge in [0, 0.05) is 18.0 Å². The van der Waals surface area contributed by atoms with E-state index >= 15 is 0 Å². The van der Waals surface area contributed by atoms with Crippen molar-refractivity contribution in [3.05, 3.63) is 59.9 Å². The van der Waals surface area contributed by atoms with Gasteiger partial charge in [-0.3, -0.25) is 0 Å². The molecule has 1 fully saturated rings. The van der Waals surface area contributed by atoms with E-state index in [4.69, 9.17) is 0 Å². The molecule has 1 aromatic carbocycles. The van der Waals surface area contributed by atoms with Gasteiger partial charge in [0.25, 0.3) is 0 Å². The van der Waals surface area contributed by atoms with Crippen LogP contribution in [0.3, 0.4) is 0 Å². The second-order valence-corrected chi connectivity index (χ2v) is 10.5. The van der Waals surface area contributed by atoms with Gasteiger partial charge in [0.2, 0.25) is 0 Å². The largest absolute Gasteiger partial charge is 0.236 e. The molecule has 2 nitrogen and oxygen atoms in total. The third kappa shape index (κ3) is 9.72. The molecular weight excluding hydrogens is 412 g/mol. The summed E-state index contributed by atoms with van der Waals surface area (Å²) in [6.45, 7) is 4.57. The van der Waals surface area contributed by atoms with E-state index in [9.17, 15) is 0 Å². The number of rotatable bonds is 15. The number of unbranched alkanes of at least 4 members (excludes halogenated alkanes) is 6. The zero-order chi connectivity index (χ0) is 23.8. The van der Waals surface area contributed by atoms with E-state index in [1.807, 2.05) is 12.4 Å². The number of allylic oxidation sites excluding steroid dienone is 2. The summed E-state index contributed by atoms with van der Waals surface area (Å²) in [6.07, 6.45) is 30.2. The van der Waals surface area contributed by atoms with Crippen LogP contribution in [-0.4, -0.2) is 9.97 Å². The van der Waals surface area contributed by atoms with Gasteiger partial charge in [0.15, 0.2) is 5.82 Å². The van der Waals surface area contributed by atoms with Gasteiger partial charge in [-0.15, -0.1) is 0 Å². The first-order valence-corrected chi connectivity index (χ1v) is 14.3. The Kier molecular flexibility index (Phi) is 12.4. The van der Waals surface area contributed by atoms with Crippen molar-refractivity contribution in [3.63, 3.8) is 0 Å². The van der Waals surface area contributed by atoms with Crippen molar-refractivity contribution in [1.82, 2.24) is 9.97 Å². The maximum atomic E-state index is 4.62. The molecule has 1 heterocycles. The van der Waals surface area contributed by atoms with Crippen molar-refractivity contribution in [1.29, 1.82) is 0 Å². The van der Waals surface area contributed by atoms with Crippen LogP contribution >= 0.6 is 0 Å². The zero-order valence-electron chi connectivity index (χ0n) is 22.0. The standard InChI is InChI=1S/C32H48N2/c1-3-5-7-8-10-16-30-25-33-32(34-26-30)31-23-21-29(22-24-31)15-12-11-14-28-19-17-27(18-20-28)13-9-6-4-2/h11,14,21-28H,3-10,12-13,15-20H2,1-2H3/b14-11+/t27-,28-. The molecule has 0 atom stereocenters. The van der Waals surface area contributed by atoms with Crippen molar-refractivity contribution in [2.24, 2.45) is 11.8 Å². The molecule has 34 heavy (non-hydrogen) atoms. The summed E-state index contributed by atoms with van der Waals surface area (Å²) < 4.78 is 0. The van der Waals surface area contributed by atoms with Crippen LogP contribution in [0.2, 0.25) is 0 Å². The van der Waals surface area contributed by atoms with Crippen LogP contribution < -0.4 is 0 Å². The van der Waals surface area contributed by atoms with Crippen molar-refractivity contribution >= 4 is 0 Å². The molecule has 0 spiro atoms. The van der Waals surface area contributed by atoms with Crippen molar-refractivity contribution in [2.75, 3.05) is 0 Å². The topological polar surface area (TPSA) is 25.8 Å². The number of hydrogen-bond acceptors (Lipinski definition) is 2. The minimum Gasteiger partial charge on any atom is -0.236 e. The highest BCUT2D eigenvalue weighted by atomic mass is 14.9. The van der Waals surface area contributed by atoms with E-state index in [1.54, 1.807) is 0 Å². The van der Waals surface area contributed by atoms with Crippen LogP contribution in [-0.2, 0) is 12.8 Å². The fraction of sp³-hybridized carbons (Fsp3) is 0.625. The van der Waals surface area contributed by atoms with Crippen LogP contribution in [0.5, 0.6) is 0 Å². The molecule has 1 aliphatic rings. The third-order valence-electron chi connectivity index (χ3n) is 7.60. The lowest BCUT2D eigenvalue weighted by atomic mass is 9.79. The molecule has 2 aromatic rings. The van der Waals surface area contributed by atoms with Crippen LogP contribution in [0.15, 0.2) is 48.8 Å². The first-order chi connectivity index (χ1) is 16.8. The van der Waals surface area contributed by atoms with E-state index in [2.05, 4.69) is 60.2 Å². The second kappa shape index (κ2) is 15.8. The molecular formula is C32H48N2. The Bertz CT molecular complexity index is 798. The van der Waals surface area contributed by atoms with Gasteiger partial charge in [0.1, 0.15) is 0 Å².